The van der Waals surface area contributed by atoms with Crippen molar-refractivity contribution >= 4 is 137 Å². The van der Waals surface area contributed by atoms with E-state index < -0.39 is 33.8 Å². The van der Waals surface area contributed by atoms with Crippen molar-refractivity contribution in [1.82, 2.24) is 0 Å². The van der Waals surface area contributed by atoms with Gasteiger partial charge in [0.25, 0.3) is 16.6 Å². The molecule has 0 spiro atoms. The highest BCUT2D eigenvalue weighted by atomic mass is 79.9. The number of nitrogens with two attached hydrogens (primary N) is 1. The van der Waals surface area contributed by atoms with E-state index in [9.17, 15) is 19.2 Å². The van der Waals surface area contributed by atoms with Crippen LogP contribution in [0.3, 0.4) is 0 Å². The summed E-state index contributed by atoms with van der Waals surface area (Å²) >= 11 is 14.7. The van der Waals surface area contributed by atoms with Crippen LogP contribution in [-0.4, -0.2) is 67.2 Å². The number of rotatable bonds is 13. The van der Waals surface area contributed by atoms with Gasteiger partial charge in [0.1, 0.15) is 34.3 Å². The number of nitrogens with one attached hydrogen (secondary N) is 1. The number of ether oxygens (including phenoxy) is 2. The van der Waals surface area contributed by atoms with Crippen LogP contribution < -0.4 is 31.8 Å². The number of esters is 2. The number of hydrogen-bond donors (Lipinski definition) is 2. The van der Waals surface area contributed by atoms with Gasteiger partial charge in [-0.2, -0.15) is 0 Å². The van der Waals surface area contributed by atoms with Gasteiger partial charge in [-0.3, -0.25) is 9.59 Å². The Morgan fingerprint density at radius 1 is 0.585 bits per heavy atom. The minimum Gasteiger partial charge on any atom is -0.465 e. The average molecular weight is 1100 g/mol. The van der Waals surface area contributed by atoms with Gasteiger partial charge in [-0.05, 0) is 74.3 Å². The lowest BCUT2D eigenvalue weighted by molar-refractivity contribution is -0.118. The molecule has 0 aliphatic heterocycles. The van der Waals surface area contributed by atoms with Crippen LogP contribution in [0, 0.1) is 0 Å². The smallest absolute Gasteiger partial charge is 0.342 e. The highest BCUT2D eigenvalue weighted by Gasteiger charge is 2.51. The molecular weight excluding hydrogens is 1050 g/mol. The van der Waals surface area contributed by atoms with Gasteiger partial charge in [0, 0.05) is 19.7 Å². The number of carbonyl (C=O) groups is 4. The van der Waals surface area contributed by atoms with Crippen LogP contribution in [0.15, 0.2) is 141 Å². The maximum atomic E-state index is 12.9. The number of methoxy groups -OCH3 is 2. The molecule has 2 heterocycles. The number of benzene rings is 4. The van der Waals surface area contributed by atoms with E-state index in [-0.39, 0.29) is 29.2 Å². The number of thiophene rings is 2. The summed E-state index contributed by atoms with van der Waals surface area (Å²) in [5.41, 5.74) is 6.22. The number of carbonyl (C=O) groups excluding carboxylic acids is 4. The summed E-state index contributed by atoms with van der Waals surface area (Å²) in [6.07, 6.45) is 0. The van der Waals surface area contributed by atoms with Crippen molar-refractivity contribution in [2.75, 3.05) is 38.5 Å². The molecule has 0 saturated heterocycles. The van der Waals surface area contributed by atoms with Crippen LogP contribution in [0.5, 0.6) is 0 Å². The molecule has 0 bridgehead atoms. The van der Waals surface area contributed by atoms with Gasteiger partial charge in [0.15, 0.2) is 0 Å². The first-order valence-corrected chi connectivity index (χ1v) is 27.7. The fourth-order valence-electron chi connectivity index (χ4n) is 7.40. The Balaban J connectivity index is 0.000000241. The summed E-state index contributed by atoms with van der Waals surface area (Å²) in [7, 11) is -2.81. The molecule has 344 valence electrons. The van der Waals surface area contributed by atoms with Crippen LogP contribution in [0.2, 0.25) is 10.1 Å². The third-order valence-electron chi connectivity index (χ3n) is 10.2. The molecule has 2 aromatic heterocycles. The molecule has 0 radical (unpaired) electrons. The molecule has 0 aliphatic rings. The van der Waals surface area contributed by atoms with E-state index in [2.05, 4.69) is 132 Å². The lowest BCUT2D eigenvalue weighted by atomic mass is 10.2. The predicted octanol–water partition coefficient (Wildman–Crippen LogP) is 10.0. The number of nitrogen functional groups attached to an aromatic ring is 1. The molecule has 0 atom stereocenters. The van der Waals surface area contributed by atoms with Crippen LogP contribution >= 0.6 is 66.1 Å². The second kappa shape index (κ2) is 24.0. The number of anilines is 2. The van der Waals surface area contributed by atoms with Crippen molar-refractivity contribution in [3.8, 4) is 0 Å². The molecule has 0 saturated carbocycles. The largest absolute Gasteiger partial charge is 0.465 e. The molecule has 17 heteroatoms. The van der Waals surface area contributed by atoms with E-state index in [1.807, 2.05) is 72.8 Å². The maximum Gasteiger partial charge on any atom is 0.342 e. The molecule has 0 unspecified atom stereocenters. The van der Waals surface area contributed by atoms with Gasteiger partial charge in [0.2, 0.25) is 11.1 Å². The normalized spacial score (nSPS) is 11.6. The van der Waals surface area contributed by atoms with Crippen molar-refractivity contribution in [3.63, 3.8) is 0 Å². The third-order valence-corrected chi connectivity index (χ3v) is 23.8. The van der Waals surface area contributed by atoms with E-state index in [4.69, 9.17) is 30.9 Å². The van der Waals surface area contributed by atoms with E-state index in [0.717, 1.165) is 20.7 Å². The fraction of sp³-hybridized carbons (Fsp3) is 0.250. The molecule has 4 aromatic carbocycles. The van der Waals surface area contributed by atoms with Gasteiger partial charge in [-0.1, -0.05) is 163 Å². The molecular formula is C48H53Br2ClN2O8S2Si2. The fourth-order valence-corrected chi connectivity index (χ4v) is 19.6. The SMILES string of the molecule is CC(C)(C)[Si](OCC(=O)Cl)(c1ccccc1)c1ccccc1.COC(=O)c1c(Br)csc1N.COC(=O)c1c(Br)csc1NC(=O)CO[Si](c1ccccc1)(c1ccccc1)C(C)(C)C. The molecule has 1 amide bonds. The number of halogens is 3. The van der Waals surface area contributed by atoms with Crippen molar-refractivity contribution in [3.05, 3.63) is 152 Å². The van der Waals surface area contributed by atoms with Gasteiger partial charge in [-0.15, -0.1) is 22.7 Å². The molecule has 3 N–H and O–H groups in total. The van der Waals surface area contributed by atoms with Gasteiger partial charge in [-0.25, -0.2) is 9.59 Å². The molecule has 65 heavy (non-hydrogen) atoms. The Morgan fingerprint density at radius 2 is 0.923 bits per heavy atom. The van der Waals surface area contributed by atoms with E-state index in [1.165, 1.54) is 36.9 Å². The zero-order valence-electron chi connectivity index (χ0n) is 37.4. The number of hydrogen-bond acceptors (Lipinski definition) is 11. The summed E-state index contributed by atoms with van der Waals surface area (Å²) in [5.74, 6) is -1.24. The Hall–Kier alpha value is -4.24. The van der Waals surface area contributed by atoms with Crippen LogP contribution in [0.1, 0.15) is 62.3 Å². The van der Waals surface area contributed by atoms with Gasteiger partial charge in [0.05, 0.1) is 14.2 Å². The zero-order chi connectivity index (χ0) is 48.0. The summed E-state index contributed by atoms with van der Waals surface area (Å²) in [5, 5.41) is 10.9. The Bertz CT molecular complexity index is 2400. The Morgan fingerprint density at radius 3 is 1.25 bits per heavy atom. The summed E-state index contributed by atoms with van der Waals surface area (Å²) in [4.78, 5) is 47.4. The third kappa shape index (κ3) is 13.0. The second-order valence-corrected chi connectivity index (χ2v) is 28.9. The minimum absolute atomic E-state index is 0.0746. The van der Waals surface area contributed by atoms with E-state index in [1.54, 1.807) is 10.8 Å². The Kier molecular flexibility index (Phi) is 19.7. The average Bonchev–Trinajstić information content (AvgIpc) is 3.83. The first-order chi connectivity index (χ1) is 30.7. The number of amides is 1. The highest BCUT2D eigenvalue weighted by molar-refractivity contribution is 9.11. The summed E-state index contributed by atoms with van der Waals surface area (Å²) in [6.45, 7) is 12.8. The molecule has 6 aromatic rings. The van der Waals surface area contributed by atoms with E-state index >= 15 is 0 Å². The monoisotopic (exact) mass is 1100 g/mol. The van der Waals surface area contributed by atoms with Crippen molar-refractivity contribution in [1.29, 1.82) is 0 Å². The minimum atomic E-state index is -2.82. The maximum absolute atomic E-state index is 12.9. The lowest BCUT2D eigenvalue weighted by Crippen LogP contribution is -2.67. The zero-order valence-corrected chi connectivity index (χ0v) is 45.0. The summed E-state index contributed by atoms with van der Waals surface area (Å²) in [6, 6.07) is 40.6. The second-order valence-electron chi connectivity index (χ2n) is 16.4. The lowest BCUT2D eigenvalue weighted by Gasteiger charge is -2.42. The van der Waals surface area contributed by atoms with Crippen molar-refractivity contribution < 1.29 is 37.5 Å². The summed E-state index contributed by atoms with van der Waals surface area (Å²) < 4.78 is 23.5. The molecule has 6 rings (SSSR count). The van der Waals surface area contributed by atoms with Crippen molar-refractivity contribution in [2.45, 2.75) is 51.6 Å². The highest BCUT2D eigenvalue weighted by Crippen LogP contribution is 2.38. The topological polar surface area (TPSA) is 143 Å². The molecule has 10 nitrogen and oxygen atoms in total. The molecule has 0 aliphatic carbocycles. The van der Waals surface area contributed by atoms with Crippen molar-refractivity contribution in [2.24, 2.45) is 0 Å². The van der Waals surface area contributed by atoms with Crippen LogP contribution in [0.4, 0.5) is 10.0 Å². The predicted molar refractivity (Wildman–Crippen MR) is 278 cm³/mol. The van der Waals surface area contributed by atoms with E-state index in [0.29, 0.717) is 30.1 Å². The molecule has 0 fully saturated rings. The standard InChI is InChI=1S/C24H26BrNO4SSi.C18H21ClO2Si.C6H6BrNO2S/c1-24(2,3)32(17-11-7-5-8-12-17,18-13-9-6-10-14-18)30-15-20(27)26-22-21(23(28)29-4)19(25)16-31-22;1-18(2,3)22(21-14-17(19)20,15-10-6-4-7-11-15)16-12-8-5-9-13-16;1-10-6(9)4-3(7)2-11-5(4)8/h5-14,16H,15H2,1-4H3,(H,26,27);4-13H,14H2,1-3H3;2H,8H2,1H3. The van der Waals surface area contributed by atoms with Crippen LogP contribution in [0.25, 0.3) is 0 Å². The van der Waals surface area contributed by atoms with Crippen LogP contribution in [-0.2, 0) is 27.9 Å². The quantitative estimate of drug-likeness (QED) is 0.0657. The van der Waals surface area contributed by atoms with Gasteiger partial charge >= 0.3 is 11.9 Å². The Labute approximate surface area is 413 Å². The first-order valence-electron chi connectivity index (χ1n) is 20.2. The van der Waals surface area contributed by atoms with Gasteiger partial charge < -0.3 is 29.4 Å². The first kappa shape index (κ1) is 53.4.